The summed E-state index contributed by atoms with van der Waals surface area (Å²) in [4.78, 5) is 10.8. The van der Waals surface area contributed by atoms with Gasteiger partial charge in [0.2, 0.25) is 0 Å². The van der Waals surface area contributed by atoms with Gasteiger partial charge >= 0.3 is 0 Å². The van der Waals surface area contributed by atoms with E-state index in [1.807, 2.05) is 24.3 Å². The topological polar surface area (TPSA) is 41.0 Å². The van der Waals surface area contributed by atoms with Gasteiger partial charge in [-0.15, -0.1) is 0 Å². The van der Waals surface area contributed by atoms with Gasteiger partial charge in [-0.1, -0.05) is 19.1 Å². The number of likely N-dealkylation sites (N-methyl/N-ethyl adjacent to an activating group) is 1. The Balaban J connectivity index is 2.08. The van der Waals surface area contributed by atoms with Gasteiger partial charge in [0.05, 0.1) is 5.52 Å². The molecule has 0 radical (unpaired) electrons. The normalized spacial score (nSPS) is 11.0. The molecule has 0 aliphatic rings. The van der Waals surface area contributed by atoms with Crippen LogP contribution in [0.3, 0.4) is 0 Å². The number of aromatic nitrogens is 2. The molecule has 1 heterocycles. The molecule has 0 aliphatic heterocycles. The highest BCUT2D eigenvalue weighted by molar-refractivity contribution is 5.88. The second kappa shape index (κ2) is 5.59. The zero-order valence-electron chi connectivity index (χ0n) is 10.3. The number of para-hydroxylation sites is 1. The van der Waals surface area contributed by atoms with Crippen molar-refractivity contribution in [2.24, 2.45) is 0 Å². The molecule has 0 amide bonds. The minimum Gasteiger partial charge on any atom is -0.368 e. The monoisotopic (exact) mass is 230 g/mol. The largest absolute Gasteiger partial charge is 0.368 e. The van der Waals surface area contributed by atoms with E-state index in [-0.39, 0.29) is 0 Å². The lowest BCUT2D eigenvalue weighted by atomic mass is 10.2. The van der Waals surface area contributed by atoms with Gasteiger partial charge < -0.3 is 10.2 Å². The number of nitrogens with one attached hydrogen (secondary N) is 1. The van der Waals surface area contributed by atoms with Gasteiger partial charge in [0.25, 0.3) is 0 Å². The standard InChI is InChI=1S/C13H18N4/c1-3-17(2)9-8-14-13-11-6-4-5-7-12(11)15-10-16-13/h4-7,10H,3,8-9H2,1-2H3,(H,14,15,16). The lowest BCUT2D eigenvalue weighted by Gasteiger charge is -2.14. The Bertz CT molecular complexity index is 478. The van der Waals surface area contributed by atoms with E-state index in [0.717, 1.165) is 36.4 Å². The lowest BCUT2D eigenvalue weighted by molar-refractivity contribution is 0.367. The van der Waals surface area contributed by atoms with Gasteiger partial charge in [-0.05, 0) is 25.7 Å². The van der Waals surface area contributed by atoms with E-state index in [2.05, 4.69) is 34.2 Å². The van der Waals surface area contributed by atoms with Crippen LogP contribution in [0.4, 0.5) is 5.82 Å². The summed E-state index contributed by atoms with van der Waals surface area (Å²) in [5.74, 6) is 0.917. The fourth-order valence-electron chi connectivity index (χ4n) is 1.67. The summed E-state index contributed by atoms with van der Waals surface area (Å²) in [5.41, 5.74) is 0.980. The van der Waals surface area contributed by atoms with Crippen molar-refractivity contribution >= 4 is 16.7 Å². The van der Waals surface area contributed by atoms with Crippen LogP contribution in [0, 0.1) is 0 Å². The maximum Gasteiger partial charge on any atom is 0.137 e. The zero-order valence-corrected chi connectivity index (χ0v) is 10.3. The fourth-order valence-corrected chi connectivity index (χ4v) is 1.67. The number of fused-ring (bicyclic) bond motifs is 1. The molecule has 17 heavy (non-hydrogen) atoms. The maximum absolute atomic E-state index is 4.29. The van der Waals surface area contributed by atoms with Crippen molar-refractivity contribution in [1.29, 1.82) is 0 Å². The van der Waals surface area contributed by atoms with Crippen molar-refractivity contribution in [1.82, 2.24) is 14.9 Å². The van der Waals surface area contributed by atoms with E-state index in [4.69, 9.17) is 0 Å². The molecule has 0 atom stereocenters. The molecule has 2 rings (SSSR count). The molecule has 0 aliphatic carbocycles. The first-order valence-corrected chi connectivity index (χ1v) is 5.93. The number of benzene rings is 1. The second-order valence-corrected chi connectivity index (χ2v) is 4.06. The van der Waals surface area contributed by atoms with Crippen LogP contribution < -0.4 is 5.32 Å². The van der Waals surface area contributed by atoms with Crippen molar-refractivity contribution in [2.45, 2.75) is 6.92 Å². The van der Waals surface area contributed by atoms with Crippen LogP contribution in [0.2, 0.25) is 0 Å². The summed E-state index contributed by atoms with van der Waals surface area (Å²) in [5, 5.41) is 4.44. The van der Waals surface area contributed by atoms with E-state index in [9.17, 15) is 0 Å². The van der Waals surface area contributed by atoms with Crippen molar-refractivity contribution in [3.63, 3.8) is 0 Å². The van der Waals surface area contributed by atoms with E-state index in [0.29, 0.717) is 0 Å². The lowest BCUT2D eigenvalue weighted by Crippen LogP contribution is -2.25. The third-order valence-electron chi connectivity index (χ3n) is 2.87. The van der Waals surface area contributed by atoms with Crippen LogP contribution in [0.25, 0.3) is 10.9 Å². The van der Waals surface area contributed by atoms with E-state index >= 15 is 0 Å². The average Bonchev–Trinajstić information content (AvgIpc) is 2.39. The number of nitrogens with zero attached hydrogens (tertiary/aromatic N) is 3. The summed E-state index contributed by atoms with van der Waals surface area (Å²) in [6.07, 6.45) is 1.61. The Morgan fingerprint density at radius 3 is 2.88 bits per heavy atom. The SMILES string of the molecule is CCN(C)CCNc1ncnc2ccccc12. The highest BCUT2D eigenvalue weighted by atomic mass is 15.1. The Kier molecular flexibility index (Phi) is 3.88. The Morgan fingerprint density at radius 1 is 1.24 bits per heavy atom. The van der Waals surface area contributed by atoms with Gasteiger partial charge in [0.1, 0.15) is 12.1 Å². The highest BCUT2D eigenvalue weighted by Crippen LogP contribution is 2.17. The molecule has 90 valence electrons. The van der Waals surface area contributed by atoms with Crippen LogP contribution in [-0.4, -0.2) is 41.5 Å². The third-order valence-corrected chi connectivity index (χ3v) is 2.87. The number of rotatable bonds is 5. The van der Waals surface area contributed by atoms with Gasteiger partial charge in [-0.25, -0.2) is 9.97 Å². The molecule has 0 fully saturated rings. The van der Waals surface area contributed by atoms with E-state index in [1.165, 1.54) is 0 Å². The first-order chi connectivity index (χ1) is 8.31. The summed E-state index contributed by atoms with van der Waals surface area (Å²) in [6.45, 7) is 5.12. The zero-order chi connectivity index (χ0) is 12.1. The smallest absolute Gasteiger partial charge is 0.137 e. The number of hydrogen-bond acceptors (Lipinski definition) is 4. The predicted molar refractivity (Wildman–Crippen MR) is 71.2 cm³/mol. The number of hydrogen-bond donors (Lipinski definition) is 1. The van der Waals surface area contributed by atoms with Crippen LogP contribution >= 0.6 is 0 Å². The summed E-state index contributed by atoms with van der Waals surface area (Å²) in [7, 11) is 2.11. The molecule has 2 aromatic rings. The van der Waals surface area contributed by atoms with Crippen molar-refractivity contribution in [3.05, 3.63) is 30.6 Å². The Labute approximate surface area is 102 Å². The Morgan fingerprint density at radius 2 is 2.06 bits per heavy atom. The molecular weight excluding hydrogens is 212 g/mol. The van der Waals surface area contributed by atoms with Crippen LogP contribution in [0.15, 0.2) is 30.6 Å². The second-order valence-electron chi connectivity index (χ2n) is 4.06. The van der Waals surface area contributed by atoms with Crippen molar-refractivity contribution < 1.29 is 0 Å². The Hall–Kier alpha value is -1.68. The molecule has 0 saturated carbocycles. The molecular formula is C13H18N4. The quantitative estimate of drug-likeness (QED) is 0.853. The average molecular weight is 230 g/mol. The van der Waals surface area contributed by atoms with E-state index < -0.39 is 0 Å². The predicted octanol–water partition coefficient (Wildman–Crippen LogP) is 1.99. The van der Waals surface area contributed by atoms with Gasteiger partial charge in [-0.3, -0.25) is 0 Å². The first kappa shape index (κ1) is 11.8. The molecule has 1 N–H and O–H groups in total. The molecule has 1 aromatic heterocycles. The van der Waals surface area contributed by atoms with Crippen molar-refractivity contribution in [3.8, 4) is 0 Å². The van der Waals surface area contributed by atoms with Crippen LogP contribution in [0.5, 0.6) is 0 Å². The highest BCUT2D eigenvalue weighted by Gasteiger charge is 2.02. The molecule has 0 unspecified atom stereocenters. The van der Waals surface area contributed by atoms with Crippen molar-refractivity contribution in [2.75, 3.05) is 32.0 Å². The summed E-state index contributed by atoms with van der Waals surface area (Å²) < 4.78 is 0. The molecule has 0 saturated heterocycles. The van der Waals surface area contributed by atoms with E-state index in [1.54, 1.807) is 6.33 Å². The minimum atomic E-state index is 0.894. The fraction of sp³-hybridized carbons (Fsp3) is 0.385. The molecule has 0 bridgehead atoms. The van der Waals surface area contributed by atoms with Crippen LogP contribution in [0.1, 0.15) is 6.92 Å². The maximum atomic E-state index is 4.29. The van der Waals surface area contributed by atoms with Gasteiger partial charge in [0, 0.05) is 18.5 Å². The molecule has 4 heteroatoms. The minimum absolute atomic E-state index is 0.894. The van der Waals surface area contributed by atoms with Gasteiger partial charge in [0.15, 0.2) is 0 Å². The first-order valence-electron chi connectivity index (χ1n) is 5.93. The summed E-state index contributed by atoms with van der Waals surface area (Å²) in [6, 6.07) is 8.04. The molecule has 0 spiro atoms. The summed E-state index contributed by atoms with van der Waals surface area (Å²) >= 11 is 0. The van der Waals surface area contributed by atoms with Crippen LogP contribution in [-0.2, 0) is 0 Å². The third kappa shape index (κ3) is 2.91. The molecule has 1 aromatic carbocycles. The molecule has 4 nitrogen and oxygen atoms in total. The number of anilines is 1. The van der Waals surface area contributed by atoms with Gasteiger partial charge in [-0.2, -0.15) is 0 Å².